The smallest absolute Gasteiger partial charge is 0.407 e. The first-order chi connectivity index (χ1) is 13.7. The Morgan fingerprint density at radius 2 is 1.55 bits per heavy atom. The second-order valence-corrected chi connectivity index (χ2v) is 8.89. The Kier molecular flexibility index (Phi) is 15.1. The van der Waals surface area contributed by atoms with Crippen LogP contribution in [0.2, 0.25) is 0 Å². The number of methoxy groups -OCH3 is 1. The van der Waals surface area contributed by atoms with Gasteiger partial charge in [0.1, 0.15) is 5.60 Å². The van der Waals surface area contributed by atoms with E-state index in [1.807, 2.05) is 0 Å². The molecule has 0 aromatic rings. The highest BCUT2D eigenvalue weighted by Gasteiger charge is 2.37. The molecule has 0 saturated carbocycles. The van der Waals surface area contributed by atoms with E-state index in [9.17, 15) is 14.2 Å². The molecule has 0 fully saturated rings. The van der Waals surface area contributed by atoms with Crippen molar-refractivity contribution in [2.24, 2.45) is 5.92 Å². The van der Waals surface area contributed by atoms with E-state index in [2.05, 4.69) is 19.2 Å². The van der Waals surface area contributed by atoms with Crippen LogP contribution < -0.4 is 5.32 Å². The Morgan fingerprint density at radius 3 is 2.07 bits per heavy atom. The molecule has 0 aliphatic rings. The van der Waals surface area contributed by atoms with E-state index in [0.717, 1.165) is 44.9 Å². The number of carbonyl (C=O) groups excluding carboxylic acids is 2. The molecule has 0 aromatic heterocycles. The SMILES string of the molecule is CCCCCCC(C(=O)OC)C(O[PH2]=O)C(CCCCC)NC(=O)OC(C)(C)C. The first-order valence-electron chi connectivity index (χ1n) is 10.9. The van der Waals surface area contributed by atoms with Crippen molar-refractivity contribution in [2.45, 2.75) is 110 Å². The molecular weight excluding hydrogens is 393 g/mol. The van der Waals surface area contributed by atoms with Gasteiger partial charge < -0.3 is 19.3 Å². The maximum absolute atomic E-state index is 12.5. The van der Waals surface area contributed by atoms with Gasteiger partial charge in [0, 0.05) is 0 Å². The predicted octanol–water partition coefficient (Wildman–Crippen LogP) is 5.28. The van der Waals surface area contributed by atoms with Crippen LogP contribution in [0.1, 0.15) is 92.4 Å². The van der Waals surface area contributed by atoms with Crippen LogP contribution in [0, 0.1) is 5.92 Å². The van der Waals surface area contributed by atoms with Gasteiger partial charge in [-0.3, -0.25) is 9.36 Å². The molecule has 7 nitrogen and oxygen atoms in total. The number of amides is 1. The normalized spacial score (nSPS) is 15.1. The molecule has 1 amide bonds. The van der Waals surface area contributed by atoms with Gasteiger partial charge >= 0.3 is 12.1 Å². The fourth-order valence-corrected chi connectivity index (χ4v) is 3.79. The number of nitrogens with one attached hydrogen (secondary N) is 1. The van der Waals surface area contributed by atoms with Crippen molar-refractivity contribution in [3.63, 3.8) is 0 Å². The average Bonchev–Trinajstić information content (AvgIpc) is 2.64. The molecule has 0 bridgehead atoms. The minimum atomic E-state index is -1.54. The summed E-state index contributed by atoms with van der Waals surface area (Å²) in [6.07, 6.45) is 6.79. The lowest BCUT2D eigenvalue weighted by Gasteiger charge is -2.32. The van der Waals surface area contributed by atoms with Crippen LogP contribution >= 0.6 is 8.69 Å². The molecule has 172 valence electrons. The van der Waals surface area contributed by atoms with Crippen molar-refractivity contribution in [3.05, 3.63) is 0 Å². The fraction of sp³-hybridized carbons (Fsp3) is 0.905. The number of hydrogen-bond acceptors (Lipinski definition) is 6. The zero-order valence-corrected chi connectivity index (χ0v) is 20.3. The molecule has 0 saturated heterocycles. The first-order valence-corrected chi connectivity index (χ1v) is 11.8. The Balaban J connectivity index is 5.50. The van der Waals surface area contributed by atoms with E-state index >= 15 is 0 Å². The number of carbonyl (C=O) groups is 2. The van der Waals surface area contributed by atoms with Crippen LogP contribution in [-0.2, 0) is 23.4 Å². The molecule has 0 aromatic carbocycles. The van der Waals surface area contributed by atoms with E-state index in [1.54, 1.807) is 20.8 Å². The number of alkyl carbamates (subject to hydrolysis) is 1. The van der Waals surface area contributed by atoms with Gasteiger partial charge in [-0.1, -0.05) is 58.8 Å². The summed E-state index contributed by atoms with van der Waals surface area (Å²) in [5.41, 5.74) is -0.639. The minimum Gasteiger partial charge on any atom is -0.469 e. The van der Waals surface area contributed by atoms with Crippen molar-refractivity contribution in [2.75, 3.05) is 7.11 Å². The number of rotatable bonds is 15. The molecule has 0 heterocycles. The molecule has 0 radical (unpaired) electrons. The van der Waals surface area contributed by atoms with E-state index in [1.165, 1.54) is 7.11 Å². The maximum atomic E-state index is 12.5. The third-order valence-corrected chi connectivity index (χ3v) is 5.12. The zero-order chi connectivity index (χ0) is 22.3. The standard InChI is InChI=1S/C21H42NO6P/c1-7-9-11-13-14-16(19(23)26-6)18(28-29-25)17(15-12-10-8-2)22-20(24)27-21(3,4)5/h16-18H,7-15,29H2,1-6H3,(H,22,24). The quantitative estimate of drug-likeness (QED) is 0.214. The molecule has 1 N–H and O–H groups in total. The lowest BCUT2D eigenvalue weighted by molar-refractivity contribution is -0.149. The van der Waals surface area contributed by atoms with Crippen LogP contribution in [0.25, 0.3) is 0 Å². The monoisotopic (exact) mass is 435 g/mol. The molecule has 8 heteroatoms. The Labute approximate surface area is 177 Å². The summed E-state index contributed by atoms with van der Waals surface area (Å²) in [5, 5.41) is 2.86. The summed E-state index contributed by atoms with van der Waals surface area (Å²) >= 11 is 0. The van der Waals surface area contributed by atoms with Crippen LogP contribution in [-0.4, -0.2) is 36.9 Å². The summed E-state index contributed by atoms with van der Waals surface area (Å²) in [7, 11) is -0.193. The van der Waals surface area contributed by atoms with Crippen LogP contribution in [0.3, 0.4) is 0 Å². The summed E-state index contributed by atoms with van der Waals surface area (Å²) in [4.78, 5) is 24.9. The van der Waals surface area contributed by atoms with Crippen molar-refractivity contribution in [1.29, 1.82) is 0 Å². The van der Waals surface area contributed by atoms with Gasteiger partial charge in [0.25, 0.3) is 0 Å². The summed E-state index contributed by atoms with van der Waals surface area (Å²) in [5.74, 6) is -0.981. The second kappa shape index (κ2) is 15.7. The Hall–Kier alpha value is -1.07. The van der Waals surface area contributed by atoms with Gasteiger partial charge in [-0.15, -0.1) is 0 Å². The lowest BCUT2D eigenvalue weighted by atomic mass is 9.88. The maximum Gasteiger partial charge on any atom is 0.407 e. The Morgan fingerprint density at radius 1 is 0.966 bits per heavy atom. The second-order valence-electron chi connectivity index (χ2n) is 8.42. The fourth-order valence-electron chi connectivity index (χ4n) is 3.28. The molecule has 4 unspecified atom stereocenters. The van der Waals surface area contributed by atoms with E-state index in [-0.39, 0.29) is 0 Å². The van der Waals surface area contributed by atoms with Gasteiger partial charge in [-0.25, -0.2) is 4.79 Å². The van der Waals surface area contributed by atoms with Crippen LogP contribution in [0.4, 0.5) is 4.79 Å². The molecular formula is C21H42NO6P. The topological polar surface area (TPSA) is 90.9 Å². The molecule has 29 heavy (non-hydrogen) atoms. The van der Waals surface area contributed by atoms with Gasteiger partial charge in [0.05, 0.1) is 25.2 Å². The van der Waals surface area contributed by atoms with Gasteiger partial charge in [-0.2, -0.15) is 0 Å². The highest BCUT2D eigenvalue weighted by molar-refractivity contribution is 7.17. The van der Waals surface area contributed by atoms with Gasteiger partial charge in [-0.05, 0) is 33.6 Å². The van der Waals surface area contributed by atoms with Crippen molar-refractivity contribution >= 4 is 20.7 Å². The average molecular weight is 436 g/mol. The third-order valence-electron chi connectivity index (χ3n) is 4.70. The van der Waals surface area contributed by atoms with E-state index in [4.69, 9.17) is 14.0 Å². The minimum absolute atomic E-state index is 0.397. The van der Waals surface area contributed by atoms with Crippen molar-refractivity contribution < 1.29 is 28.2 Å². The van der Waals surface area contributed by atoms with Crippen LogP contribution in [0.5, 0.6) is 0 Å². The summed E-state index contributed by atoms with van der Waals surface area (Å²) in [6.45, 7) is 9.59. The van der Waals surface area contributed by atoms with Gasteiger partial charge in [0.2, 0.25) is 0 Å². The van der Waals surface area contributed by atoms with E-state index < -0.39 is 44.4 Å². The molecule has 4 atom stereocenters. The first kappa shape index (κ1) is 27.9. The molecule has 0 aliphatic carbocycles. The third kappa shape index (κ3) is 13.0. The highest BCUT2D eigenvalue weighted by atomic mass is 31.1. The largest absolute Gasteiger partial charge is 0.469 e. The van der Waals surface area contributed by atoms with Crippen molar-refractivity contribution in [1.82, 2.24) is 5.32 Å². The highest BCUT2D eigenvalue weighted by Crippen LogP contribution is 2.27. The predicted molar refractivity (Wildman–Crippen MR) is 117 cm³/mol. The zero-order valence-electron chi connectivity index (χ0n) is 19.1. The summed E-state index contributed by atoms with van der Waals surface area (Å²) < 4.78 is 27.4. The van der Waals surface area contributed by atoms with E-state index in [0.29, 0.717) is 12.8 Å². The Bertz CT molecular complexity index is 480. The lowest BCUT2D eigenvalue weighted by Crippen LogP contribution is -2.50. The number of esters is 1. The van der Waals surface area contributed by atoms with Crippen molar-refractivity contribution in [3.8, 4) is 0 Å². The summed E-state index contributed by atoms with van der Waals surface area (Å²) in [6, 6.07) is -0.479. The molecule has 0 aliphatic heterocycles. The van der Waals surface area contributed by atoms with Gasteiger partial charge in [0.15, 0.2) is 8.69 Å². The number of unbranched alkanes of at least 4 members (excludes halogenated alkanes) is 5. The number of hydrogen-bond donors (Lipinski definition) is 1. The molecule has 0 spiro atoms. The van der Waals surface area contributed by atoms with Crippen LogP contribution in [0.15, 0.2) is 0 Å². The number of ether oxygens (including phenoxy) is 2. The molecule has 0 rings (SSSR count).